The molecular weight excluding hydrogens is 256 g/mol. The summed E-state index contributed by atoms with van der Waals surface area (Å²) in [4.78, 5) is 12.3. The fraction of sp³-hybridized carbons (Fsp3) is 0.533. The number of nitrogens with two attached hydrogens (primary N) is 1. The number of ether oxygens (including phenoxy) is 2. The van der Waals surface area contributed by atoms with Crippen molar-refractivity contribution < 1.29 is 14.3 Å². The van der Waals surface area contributed by atoms with Gasteiger partial charge in [-0.3, -0.25) is 4.79 Å². The molecule has 1 saturated heterocycles. The van der Waals surface area contributed by atoms with E-state index >= 15 is 0 Å². The van der Waals surface area contributed by atoms with Crippen LogP contribution in [0, 0.1) is 5.92 Å². The number of carbonyl (C=O) groups is 1. The van der Waals surface area contributed by atoms with E-state index in [1.807, 2.05) is 0 Å². The molecule has 1 amide bonds. The van der Waals surface area contributed by atoms with Crippen LogP contribution in [-0.4, -0.2) is 32.3 Å². The minimum absolute atomic E-state index is 0.193. The van der Waals surface area contributed by atoms with Gasteiger partial charge in [0.2, 0.25) is 0 Å². The predicted octanol–water partition coefficient (Wildman–Crippen LogP) is 1.82. The smallest absolute Gasteiger partial charge is 0.257 e. The zero-order valence-corrected chi connectivity index (χ0v) is 12.0. The number of methoxy groups -OCH3 is 1. The summed E-state index contributed by atoms with van der Waals surface area (Å²) in [5, 5.41) is 2.94. The lowest BCUT2D eigenvalue weighted by atomic mass is 9.99. The third kappa shape index (κ3) is 3.04. The third-order valence-electron chi connectivity index (χ3n) is 3.78. The first-order valence-corrected chi connectivity index (χ1v) is 6.99. The van der Waals surface area contributed by atoms with Crippen LogP contribution in [0.5, 0.6) is 5.75 Å². The molecule has 2 rings (SSSR count). The SMILES string of the molecule is CCC1OCCC1CNC(=O)c1c(N)cccc1OC. The zero-order chi connectivity index (χ0) is 14.5. The molecule has 1 aromatic carbocycles. The van der Waals surface area contributed by atoms with E-state index in [9.17, 15) is 4.79 Å². The van der Waals surface area contributed by atoms with Crippen LogP contribution in [0.15, 0.2) is 18.2 Å². The van der Waals surface area contributed by atoms with Crippen molar-refractivity contribution in [2.24, 2.45) is 5.92 Å². The molecule has 0 aromatic heterocycles. The fourth-order valence-electron chi connectivity index (χ4n) is 2.65. The van der Waals surface area contributed by atoms with E-state index in [1.165, 1.54) is 7.11 Å². The summed E-state index contributed by atoms with van der Waals surface area (Å²) in [5.74, 6) is 0.679. The maximum Gasteiger partial charge on any atom is 0.257 e. The molecule has 0 spiro atoms. The lowest BCUT2D eigenvalue weighted by molar-refractivity contribution is 0.0826. The minimum atomic E-state index is -0.193. The van der Waals surface area contributed by atoms with Crippen molar-refractivity contribution in [2.45, 2.75) is 25.9 Å². The largest absolute Gasteiger partial charge is 0.496 e. The molecule has 1 heterocycles. The van der Waals surface area contributed by atoms with E-state index in [0.717, 1.165) is 19.4 Å². The summed E-state index contributed by atoms with van der Waals surface area (Å²) in [7, 11) is 1.53. The Bertz CT molecular complexity index is 476. The third-order valence-corrected chi connectivity index (χ3v) is 3.78. The van der Waals surface area contributed by atoms with Gasteiger partial charge in [0, 0.05) is 24.8 Å². The summed E-state index contributed by atoms with van der Waals surface area (Å²) in [6.45, 7) is 3.48. The number of rotatable bonds is 5. The standard InChI is InChI=1S/C15H22N2O3/c1-3-12-10(7-8-20-12)9-17-15(18)14-11(16)5-4-6-13(14)19-2/h4-6,10,12H,3,7-9,16H2,1-2H3,(H,17,18). The number of benzene rings is 1. The van der Waals surface area contributed by atoms with Crippen molar-refractivity contribution >= 4 is 11.6 Å². The quantitative estimate of drug-likeness (QED) is 0.806. The molecule has 0 aliphatic carbocycles. The Balaban J connectivity index is 2.02. The van der Waals surface area contributed by atoms with E-state index < -0.39 is 0 Å². The van der Waals surface area contributed by atoms with Crippen LogP contribution >= 0.6 is 0 Å². The topological polar surface area (TPSA) is 73.6 Å². The van der Waals surface area contributed by atoms with Crippen LogP contribution in [0.1, 0.15) is 30.1 Å². The van der Waals surface area contributed by atoms with Gasteiger partial charge in [0.25, 0.3) is 5.91 Å². The molecule has 2 unspecified atom stereocenters. The van der Waals surface area contributed by atoms with Crippen molar-refractivity contribution in [3.63, 3.8) is 0 Å². The van der Waals surface area contributed by atoms with Crippen LogP contribution in [0.2, 0.25) is 0 Å². The fourth-order valence-corrected chi connectivity index (χ4v) is 2.65. The number of hydrogen-bond donors (Lipinski definition) is 2. The van der Waals surface area contributed by atoms with Crippen molar-refractivity contribution in [1.82, 2.24) is 5.32 Å². The predicted molar refractivity (Wildman–Crippen MR) is 77.9 cm³/mol. The summed E-state index contributed by atoms with van der Waals surface area (Å²) in [6, 6.07) is 5.20. The molecule has 3 N–H and O–H groups in total. The molecule has 1 aromatic rings. The lowest BCUT2D eigenvalue weighted by Gasteiger charge is -2.18. The molecule has 0 saturated carbocycles. The van der Waals surface area contributed by atoms with Gasteiger partial charge in [-0.1, -0.05) is 13.0 Å². The lowest BCUT2D eigenvalue weighted by Crippen LogP contribution is -2.33. The molecule has 0 bridgehead atoms. The Morgan fingerprint density at radius 1 is 1.55 bits per heavy atom. The van der Waals surface area contributed by atoms with Crippen molar-refractivity contribution in [3.8, 4) is 5.75 Å². The van der Waals surface area contributed by atoms with Gasteiger partial charge >= 0.3 is 0 Å². The monoisotopic (exact) mass is 278 g/mol. The van der Waals surface area contributed by atoms with Gasteiger partial charge < -0.3 is 20.5 Å². The van der Waals surface area contributed by atoms with Gasteiger partial charge in [-0.25, -0.2) is 0 Å². The summed E-state index contributed by atoms with van der Waals surface area (Å²) in [6.07, 6.45) is 2.20. The number of nitrogens with one attached hydrogen (secondary N) is 1. The molecule has 0 radical (unpaired) electrons. The van der Waals surface area contributed by atoms with Crippen LogP contribution in [0.25, 0.3) is 0 Å². The van der Waals surface area contributed by atoms with Crippen LogP contribution in [-0.2, 0) is 4.74 Å². The Kier molecular flexibility index (Phi) is 4.84. The van der Waals surface area contributed by atoms with Gasteiger partial charge in [-0.2, -0.15) is 0 Å². The molecule has 2 atom stereocenters. The van der Waals surface area contributed by atoms with E-state index in [4.69, 9.17) is 15.2 Å². The molecule has 5 heteroatoms. The van der Waals surface area contributed by atoms with Gasteiger partial charge in [-0.15, -0.1) is 0 Å². The van der Waals surface area contributed by atoms with Gasteiger partial charge in [0.1, 0.15) is 11.3 Å². The zero-order valence-electron chi connectivity index (χ0n) is 12.0. The first kappa shape index (κ1) is 14.7. The molecule has 1 aliphatic rings. The van der Waals surface area contributed by atoms with Gasteiger partial charge in [0.15, 0.2) is 0 Å². The van der Waals surface area contributed by atoms with Crippen molar-refractivity contribution in [2.75, 3.05) is 26.0 Å². The minimum Gasteiger partial charge on any atom is -0.496 e. The molecule has 20 heavy (non-hydrogen) atoms. The summed E-state index contributed by atoms with van der Waals surface area (Å²) in [5.41, 5.74) is 6.70. The normalized spacial score (nSPS) is 21.7. The highest BCUT2D eigenvalue weighted by Gasteiger charge is 2.27. The highest BCUT2D eigenvalue weighted by molar-refractivity contribution is 6.01. The second kappa shape index (κ2) is 6.61. The maximum absolute atomic E-state index is 12.3. The Labute approximate surface area is 119 Å². The highest BCUT2D eigenvalue weighted by Crippen LogP contribution is 2.25. The number of amides is 1. The average Bonchev–Trinajstić information content (AvgIpc) is 2.91. The van der Waals surface area contributed by atoms with Crippen LogP contribution < -0.4 is 15.8 Å². The molecule has 5 nitrogen and oxygen atoms in total. The van der Waals surface area contributed by atoms with Crippen LogP contribution in [0.3, 0.4) is 0 Å². The van der Waals surface area contributed by atoms with Crippen LogP contribution in [0.4, 0.5) is 5.69 Å². The highest BCUT2D eigenvalue weighted by atomic mass is 16.5. The van der Waals surface area contributed by atoms with Gasteiger partial charge in [-0.05, 0) is 25.0 Å². The number of anilines is 1. The van der Waals surface area contributed by atoms with Crippen molar-refractivity contribution in [1.29, 1.82) is 0 Å². The van der Waals surface area contributed by atoms with E-state index in [0.29, 0.717) is 29.5 Å². The average molecular weight is 278 g/mol. The Morgan fingerprint density at radius 2 is 2.35 bits per heavy atom. The number of carbonyl (C=O) groups excluding carboxylic acids is 1. The summed E-state index contributed by atoms with van der Waals surface area (Å²) >= 11 is 0. The summed E-state index contributed by atoms with van der Waals surface area (Å²) < 4.78 is 10.8. The molecular formula is C15H22N2O3. The maximum atomic E-state index is 12.3. The second-order valence-electron chi connectivity index (χ2n) is 5.00. The van der Waals surface area contributed by atoms with E-state index in [1.54, 1.807) is 18.2 Å². The van der Waals surface area contributed by atoms with Gasteiger partial charge in [0.05, 0.1) is 13.2 Å². The van der Waals surface area contributed by atoms with E-state index in [-0.39, 0.29) is 12.0 Å². The van der Waals surface area contributed by atoms with E-state index in [2.05, 4.69) is 12.2 Å². The number of hydrogen-bond acceptors (Lipinski definition) is 4. The first-order valence-electron chi connectivity index (χ1n) is 6.99. The Hall–Kier alpha value is -1.75. The molecule has 110 valence electrons. The molecule has 1 aliphatic heterocycles. The first-order chi connectivity index (χ1) is 9.67. The Morgan fingerprint density at radius 3 is 3.05 bits per heavy atom. The molecule has 1 fully saturated rings. The second-order valence-corrected chi connectivity index (χ2v) is 5.00. The van der Waals surface area contributed by atoms with Crippen molar-refractivity contribution in [3.05, 3.63) is 23.8 Å². The number of nitrogen functional groups attached to an aromatic ring is 1.